The molecule has 0 saturated heterocycles. The third kappa shape index (κ3) is 3.64. The van der Waals surface area contributed by atoms with Gasteiger partial charge in [-0.05, 0) is 20.8 Å². The van der Waals surface area contributed by atoms with Gasteiger partial charge in [-0.25, -0.2) is 0 Å². The Labute approximate surface area is 106 Å². The summed E-state index contributed by atoms with van der Waals surface area (Å²) in [5.74, 6) is 1.46. The molecular weight excluding hydrogens is 234 g/mol. The van der Waals surface area contributed by atoms with Gasteiger partial charge in [-0.1, -0.05) is 6.92 Å². The number of hydrogen-bond donors (Lipinski definition) is 1. The van der Waals surface area contributed by atoms with Crippen molar-refractivity contribution in [1.82, 2.24) is 15.1 Å². The molecule has 0 radical (unpaired) electrons. The summed E-state index contributed by atoms with van der Waals surface area (Å²) >= 11 is 0. The van der Waals surface area contributed by atoms with E-state index in [2.05, 4.69) is 24.3 Å². The van der Waals surface area contributed by atoms with Crippen LogP contribution in [0.3, 0.4) is 0 Å². The topological polar surface area (TPSA) is 46.9 Å². The zero-order chi connectivity index (χ0) is 13.0. The second-order valence-electron chi connectivity index (χ2n) is 4.32. The molecule has 2 atom stereocenters. The highest BCUT2D eigenvalue weighted by Crippen LogP contribution is 2.20. The third-order valence-corrected chi connectivity index (χ3v) is 4.40. The molecule has 1 aromatic rings. The first kappa shape index (κ1) is 14.4. The van der Waals surface area contributed by atoms with Gasteiger partial charge in [0.05, 0.1) is 5.69 Å². The van der Waals surface area contributed by atoms with Gasteiger partial charge in [-0.15, -0.1) is 0 Å². The van der Waals surface area contributed by atoms with Crippen molar-refractivity contribution in [3.8, 4) is 0 Å². The first-order chi connectivity index (χ1) is 7.97. The van der Waals surface area contributed by atoms with Gasteiger partial charge in [-0.3, -0.25) is 8.89 Å². The fourth-order valence-electron chi connectivity index (χ4n) is 2.05. The second kappa shape index (κ2) is 6.31. The first-order valence-electron chi connectivity index (χ1n) is 6.05. The standard InChI is InChI=1S/C12H23N3OS/c1-6-17(16)8-7-13-9(2)12-10(3)14-15(5)11(12)4/h9,13H,6-8H2,1-5H3. The maximum Gasteiger partial charge on any atom is 0.0644 e. The van der Waals surface area contributed by atoms with Crippen molar-refractivity contribution in [1.29, 1.82) is 0 Å². The van der Waals surface area contributed by atoms with E-state index in [0.29, 0.717) is 0 Å². The molecule has 17 heavy (non-hydrogen) atoms. The lowest BCUT2D eigenvalue weighted by atomic mass is 10.1. The Morgan fingerprint density at radius 2 is 2.12 bits per heavy atom. The smallest absolute Gasteiger partial charge is 0.0644 e. The second-order valence-corrected chi connectivity index (χ2v) is 6.18. The van der Waals surface area contributed by atoms with Crippen molar-refractivity contribution in [2.45, 2.75) is 33.7 Å². The number of nitrogens with zero attached hydrogens (tertiary/aromatic N) is 2. The Balaban J connectivity index is 2.58. The quantitative estimate of drug-likeness (QED) is 0.839. The summed E-state index contributed by atoms with van der Waals surface area (Å²) in [5.41, 5.74) is 3.52. The largest absolute Gasteiger partial charge is 0.309 e. The van der Waals surface area contributed by atoms with E-state index in [0.717, 1.165) is 23.7 Å². The summed E-state index contributed by atoms with van der Waals surface area (Å²) in [5, 5.41) is 7.82. The number of aryl methyl sites for hydroxylation is 2. The molecule has 0 aliphatic rings. The Morgan fingerprint density at radius 3 is 2.59 bits per heavy atom. The molecule has 1 N–H and O–H groups in total. The molecule has 4 nitrogen and oxygen atoms in total. The molecule has 0 bridgehead atoms. The molecule has 0 saturated carbocycles. The lowest BCUT2D eigenvalue weighted by Crippen LogP contribution is -2.25. The minimum Gasteiger partial charge on any atom is -0.309 e. The van der Waals surface area contributed by atoms with Crippen molar-refractivity contribution in [3.05, 3.63) is 17.0 Å². The highest BCUT2D eigenvalue weighted by molar-refractivity contribution is 7.84. The maximum absolute atomic E-state index is 11.3. The number of nitrogens with one attached hydrogen (secondary N) is 1. The fraction of sp³-hybridized carbons (Fsp3) is 0.750. The van der Waals surface area contributed by atoms with Crippen molar-refractivity contribution in [2.24, 2.45) is 7.05 Å². The lowest BCUT2D eigenvalue weighted by molar-refractivity contribution is 0.590. The van der Waals surface area contributed by atoms with Gasteiger partial charge in [0.25, 0.3) is 0 Å². The van der Waals surface area contributed by atoms with Gasteiger partial charge in [0.2, 0.25) is 0 Å². The van der Waals surface area contributed by atoms with Gasteiger partial charge >= 0.3 is 0 Å². The minimum atomic E-state index is -0.689. The molecule has 98 valence electrons. The van der Waals surface area contributed by atoms with Gasteiger partial charge < -0.3 is 5.32 Å². The molecule has 2 unspecified atom stereocenters. The Bertz CT molecular complexity index is 401. The van der Waals surface area contributed by atoms with E-state index in [-0.39, 0.29) is 6.04 Å². The van der Waals surface area contributed by atoms with Crippen LogP contribution in [0.4, 0.5) is 0 Å². The molecule has 1 heterocycles. The Morgan fingerprint density at radius 1 is 1.47 bits per heavy atom. The van der Waals surface area contributed by atoms with Gasteiger partial charge in [0.15, 0.2) is 0 Å². The molecule has 1 rings (SSSR count). The molecular formula is C12H23N3OS. The van der Waals surface area contributed by atoms with Crippen LogP contribution >= 0.6 is 0 Å². The van der Waals surface area contributed by atoms with Crippen LogP contribution in [0.2, 0.25) is 0 Å². The van der Waals surface area contributed by atoms with E-state index in [1.165, 1.54) is 11.3 Å². The molecule has 0 aliphatic carbocycles. The summed E-state index contributed by atoms with van der Waals surface area (Å²) < 4.78 is 13.2. The highest BCUT2D eigenvalue weighted by atomic mass is 32.2. The lowest BCUT2D eigenvalue weighted by Gasteiger charge is -2.14. The number of rotatable bonds is 6. The van der Waals surface area contributed by atoms with Gasteiger partial charge in [0, 0.05) is 53.2 Å². The predicted octanol–water partition coefficient (Wildman–Crippen LogP) is 1.46. The van der Waals surface area contributed by atoms with Crippen LogP contribution < -0.4 is 5.32 Å². The zero-order valence-electron chi connectivity index (χ0n) is 11.4. The fourth-order valence-corrected chi connectivity index (χ4v) is 2.69. The van der Waals surface area contributed by atoms with Crippen LogP contribution in [0.25, 0.3) is 0 Å². The Kier molecular flexibility index (Phi) is 5.33. The zero-order valence-corrected chi connectivity index (χ0v) is 12.2. The van der Waals surface area contributed by atoms with E-state index in [1.807, 2.05) is 25.6 Å². The number of hydrogen-bond acceptors (Lipinski definition) is 3. The van der Waals surface area contributed by atoms with Crippen LogP contribution in [0, 0.1) is 13.8 Å². The first-order valence-corrected chi connectivity index (χ1v) is 7.54. The molecule has 0 spiro atoms. The number of aromatic nitrogens is 2. The van der Waals surface area contributed by atoms with E-state index in [4.69, 9.17) is 0 Å². The summed E-state index contributed by atoms with van der Waals surface area (Å²) in [7, 11) is 1.27. The average Bonchev–Trinajstić information content (AvgIpc) is 2.52. The summed E-state index contributed by atoms with van der Waals surface area (Å²) in [6.45, 7) is 8.98. The van der Waals surface area contributed by atoms with E-state index < -0.39 is 10.8 Å². The monoisotopic (exact) mass is 257 g/mol. The minimum absolute atomic E-state index is 0.262. The van der Waals surface area contributed by atoms with Crippen LogP contribution in [0.1, 0.15) is 36.8 Å². The summed E-state index contributed by atoms with van der Waals surface area (Å²) in [6, 6.07) is 0.262. The van der Waals surface area contributed by atoms with Gasteiger partial charge in [0.1, 0.15) is 0 Å². The van der Waals surface area contributed by atoms with Crippen molar-refractivity contribution in [2.75, 3.05) is 18.1 Å². The van der Waals surface area contributed by atoms with Crippen molar-refractivity contribution in [3.63, 3.8) is 0 Å². The molecule has 0 aliphatic heterocycles. The molecule has 1 aromatic heterocycles. The predicted molar refractivity (Wildman–Crippen MR) is 72.7 cm³/mol. The highest BCUT2D eigenvalue weighted by Gasteiger charge is 2.15. The normalized spacial score (nSPS) is 14.9. The summed E-state index contributed by atoms with van der Waals surface area (Å²) in [4.78, 5) is 0. The molecule has 0 amide bonds. The van der Waals surface area contributed by atoms with E-state index >= 15 is 0 Å². The van der Waals surface area contributed by atoms with E-state index in [1.54, 1.807) is 0 Å². The maximum atomic E-state index is 11.3. The van der Waals surface area contributed by atoms with Crippen LogP contribution in [0.5, 0.6) is 0 Å². The SMILES string of the molecule is CCS(=O)CCNC(C)c1c(C)nn(C)c1C. The van der Waals surface area contributed by atoms with Crippen molar-refractivity contribution < 1.29 is 4.21 Å². The van der Waals surface area contributed by atoms with Crippen LogP contribution in [0.15, 0.2) is 0 Å². The molecule has 5 heteroatoms. The van der Waals surface area contributed by atoms with Crippen LogP contribution in [-0.4, -0.2) is 32.0 Å². The summed E-state index contributed by atoms with van der Waals surface area (Å²) in [6.07, 6.45) is 0. The van der Waals surface area contributed by atoms with Crippen molar-refractivity contribution >= 4 is 10.8 Å². The average molecular weight is 257 g/mol. The van der Waals surface area contributed by atoms with E-state index in [9.17, 15) is 4.21 Å². The molecule has 0 aromatic carbocycles. The van der Waals surface area contributed by atoms with Crippen LogP contribution in [-0.2, 0) is 17.8 Å². The molecule has 0 fully saturated rings. The Hall–Kier alpha value is -0.680. The van der Waals surface area contributed by atoms with Gasteiger partial charge in [-0.2, -0.15) is 5.10 Å². The third-order valence-electron chi connectivity index (χ3n) is 3.10.